The zero-order valence-electron chi connectivity index (χ0n) is 13.0. The summed E-state index contributed by atoms with van der Waals surface area (Å²) in [7, 11) is 0. The molecule has 5 nitrogen and oxygen atoms in total. The lowest BCUT2D eigenvalue weighted by Gasteiger charge is -2.38. The predicted molar refractivity (Wildman–Crippen MR) is 99.8 cm³/mol. The van der Waals surface area contributed by atoms with Gasteiger partial charge in [0.1, 0.15) is 0 Å². The maximum absolute atomic E-state index is 9.43. The summed E-state index contributed by atoms with van der Waals surface area (Å²) in [5, 5.41) is 16.1. The molecule has 2 heterocycles. The first kappa shape index (κ1) is 19.3. The third kappa shape index (κ3) is 5.44. The van der Waals surface area contributed by atoms with Crippen molar-refractivity contribution in [1.82, 2.24) is 10.6 Å². The third-order valence-corrected chi connectivity index (χ3v) is 5.54. The Morgan fingerprint density at radius 2 is 2.14 bits per heavy atom. The molecule has 0 radical (unpaired) electrons. The molecule has 2 saturated heterocycles. The molecule has 2 aliphatic heterocycles. The highest BCUT2D eigenvalue weighted by Gasteiger charge is 2.38. The van der Waals surface area contributed by atoms with Crippen molar-refractivity contribution in [2.45, 2.75) is 31.4 Å². The van der Waals surface area contributed by atoms with Gasteiger partial charge in [0, 0.05) is 17.8 Å². The van der Waals surface area contributed by atoms with Crippen molar-refractivity contribution in [3.8, 4) is 0 Å². The molecule has 0 saturated carbocycles. The highest BCUT2D eigenvalue weighted by atomic mass is 127. The summed E-state index contributed by atoms with van der Waals surface area (Å²) in [6.07, 6.45) is 2.57. The number of nitrogens with one attached hydrogen (secondary N) is 2. The molecular weight excluding hydrogens is 401 g/mol. The van der Waals surface area contributed by atoms with Crippen LogP contribution in [-0.2, 0) is 4.74 Å². The number of thioether (sulfide) groups is 1. The first-order valence-electron chi connectivity index (χ1n) is 7.46. The molecule has 0 spiro atoms. The molecule has 3 N–H and O–H groups in total. The molecule has 21 heavy (non-hydrogen) atoms. The Bertz CT molecular complexity index is 340. The summed E-state index contributed by atoms with van der Waals surface area (Å²) in [5.41, 5.74) is -0.158. The van der Waals surface area contributed by atoms with Gasteiger partial charge in [-0.1, -0.05) is 0 Å². The van der Waals surface area contributed by atoms with Gasteiger partial charge in [-0.2, -0.15) is 11.8 Å². The maximum atomic E-state index is 9.43. The van der Waals surface area contributed by atoms with Gasteiger partial charge in [-0.15, -0.1) is 24.0 Å². The van der Waals surface area contributed by atoms with Gasteiger partial charge in [0.15, 0.2) is 5.96 Å². The molecule has 1 atom stereocenters. The highest BCUT2D eigenvalue weighted by molar-refractivity contribution is 14.0. The number of hydrogen-bond donors (Lipinski definition) is 3. The molecule has 124 valence electrons. The average molecular weight is 429 g/mol. The summed E-state index contributed by atoms with van der Waals surface area (Å²) in [4.78, 5) is 4.62. The van der Waals surface area contributed by atoms with E-state index in [0.29, 0.717) is 24.5 Å². The lowest BCUT2D eigenvalue weighted by atomic mass is 9.87. The zero-order chi connectivity index (χ0) is 14.5. The second kappa shape index (κ2) is 8.79. The molecule has 0 bridgehead atoms. The molecule has 0 aromatic heterocycles. The van der Waals surface area contributed by atoms with Crippen LogP contribution in [0.25, 0.3) is 0 Å². The standard InChI is InChI=1S/C14H27N3O2S.HI/c1-3-15-12(16-7-13(2)5-4-6-20-13)17-8-14(9-18)10-19-11-14;/h18H,3-11H2,1-2H3,(H2,15,16,17);1H. The molecule has 1 unspecified atom stereocenters. The monoisotopic (exact) mass is 429 g/mol. The minimum atomic E-state index is -0.158. The van der Waals surface area contributed by atoms with Crippen LogP contribution in [0.2, 0.25) is 0 Å². The number of aliphatic hydroxyl groups excluding tert-OH is 1. The van der Waals surface area contributed by atoms with Crippen molar-refractivity contribution in [1.29, 1.82) is 0 Å². The fraction of sp³-hybridized carbons (Fsp3) is 0.929. The Balaban J connectivity index is 0.00000220. The van der Waals surface area contributed by atoms with Gasteiger partial charge in [-0.3, -0.25) is 4.99 Å². The van der Waals surface area contributed by atoms with E-state index in [9.17, 15) is 5.11 Å². The zero-order valence-corrected chi connectivity index (χ0v) is 16.1. The van der Waals surface area contributed by atoms with Gasteiger partial charge >= 0.3 is 0 Å². The molecule has 0 aliphatic carbocycles. The first-order valence-corrected chi connectivity index (χ1v) is 8.45. The van der Waals surface area contributed by atoms with Crippen molar-refractivity contribution < 1.29 is 9.84 Å². The van der Waals surface area contributed by atoms with Crippen LogP contribution >= 0.6 is 35.7 Å². The molecule has 7 heteroatoms. The summed E-state index contributed by atoms with van der Waals surface area (Å²) in [6, 6.07) is 0. The van der Waals surface area contributed by atoms with E-state index >= 15 is 0 Å². The van der Waals surface area contributed by atoms with Crippen molar-refractivity contribution in [3.63, 3.8) is 0 Å². The highest BCUT2D eigenvalue weighted by Crippen LogP contribution is 2.36. The van der Waals surface area contributed by atoms with Crippen LogP contribution in [-0.4, -0.2) is 61.0 Å². The number of halogens is 1. The molecule has 0 aromatic carbocycles. The topological polar surface area (TPSA) is 65.9 Å². The van der Waals surface area contributed by atoms with Crippen molar-refractivity contribution in [2.24, 2.45) is 10.4 Å². The molecule has 2 aliphatic rings. The second-order valence-corrected chi connectivity index (χ2v) is 7.78. The van der Waals surface area contributed by atoms with Crippen LogP contribution in [0.3, 0.4) is 0 Å². The number of ether oxygens (including phenoxy) is 1. The van der Waals surface area contributed by atoms with Crippen LogP contribution in [0.15, 0.2) is 4.99 Å². The van der Waals surface area contributed by atoms with Crippen LogP contribution in [0, 0.1) is 5.41 Å². The number of hydrogen-bond acceptors (Lipinski definition) is 4. The van der Waals surface area contributed by atoms with Crippen LogP contribution in [0.5, 0.6) is 0 Å². The van der Waals surface area contributed by atoms with Gasteiger partial charge in [0.25, 0.3) is 0 Å². The Kier molecular flexibility index (Phi) is 8.08. The van der Waals surface area contributed by atoms with Gasteiger partial charge in [0.2, 0.25) is 0 Å². The lowest BCUT2D eigenvalue weighted by Crippen LogP contribution is -2.49. The van der Waals surface area contributed by atoms with Crippen molar-refractivity contribution in [3.05, 3.63) is 0 Å². The molecule has 0 aromatic rings. The first-order chi connectivity index (χ1) is 9.61. The molecule has 0 amide bonds. The predicted octanol–water partition coefficient (Wildman–Crippen LogP) is 1.45. The van der Waals surface area contributed by atoms with Crippen LogP contribution in [0.1, 0.15) is 26.7 Å². The minimum absolute atomic E-state index is 0. The Morgan fingerprint density at radius 3 is 2.62 bits per heavy atom. The van der Waals surface area contributed by atoms with Crippen LogP contribution < -0.4 is 10.6 Å². The van der Waals surface area contributed by atoms with Crippen LogP contribution in [0.4, 0.5) is 0 Å². The SMILES string of the molecule is CCNC(=NCC1(CO)COC1)NCC1(C)CCCS1.I. The number of guanidine groups is 1. The van der Waals surface area contributed by atoms with Crippen molar-refractivity contribution in [2.75, 3.05) is 45.2 Å². The number of rotatable bonds is 6. The maximum Gasteiger partial charge on any atom is 0.191 e. The Hall–Kier alpha value is 0.270. The third-order valence-electron chi connectivity index (χ3n) is 4.00. The van der Waals surface area contributed by atoms with E-state index in [1.165, 1.54) is 18.6 Å². The van der Waals surface area contributed by atoms with E-state index in [0.717, 1.165) is 19.0 Å². The van der Waals surface area contributed by atoms with Gasteiger partial charge in [0.05, 0.1) is 31.8 Å². The average Bonchev–Trinajstić information content (AvgIpc) is 2.82. The summed E-state index contributed by atoms with van der Waals surface area (Å²) >= 11 is 2.04. The number of aliphatic hydroxyl groups is 1. The Morgan fingerprint density at radius 1 is 1.38 bits per heavy atom. The fourth-order valence-electron chi connectivity index (χ4n) is 2.46. The van der Waals surface area contributed by atoms with Gasteiger partial charge in [-0.05, 0) is 32.4 Å². The van der Waals surface area contributed by atoms with E-state index in [4.69, 9.17) is 4.74 Å². The normalized spacial score (nSPS) is 27.7. The van der Waals surface area contributed by atoms with E-state index in [2.05, 4.69) is 29.5 Å². The summed E-state index contributed by atoms with van der Waals surface area (Å²) in [6.45, 7) is 8.14. The molecule has 2 fully saturated rings. The number of aliphatic imine (C=N–C) groups is 1. The smallest absolute Gasteiger partial charge is 0.191 e. The van der Waals surface area contributed by atoms with E-state index in [1.54, 1.807) is 0 Å². The lowest BCUT2D eigenvalue weighted by molar-refractivity contribution is -0.130. The molecular formula is C14H28IN3O2S. The van der Waals surface area contributed by atoms with Crippen molar-refractivity contribution >= 4 is 41.7 Å². The summed E-state index contributed by atoms with van der Waals surface area (Å²) in [5.74, 6) is 2.11. The Labute approximate surface area is 149 Å². The van der Waals surface area contributed by atoms with Gasteiger partial charge < -0.3 is 20.5 Å². The second-order valence-electron chi connectivity index (χ2n) is 6.10. The minimum Gasteiger partial charge on any atom is -0.396 e. The quantitative estimate of drug-likeness (QED) is 0.339. The van der Waals surface area contributed by atoms with E-state index < -0.39 is 0 Å². The summed E-state index contributed by atoms with van der Waals surface area (Å²) < 4.78 is 5.53. The van der Waals surface area contributed by atoms with E-state index in [-0.39, 0.29) is 36.0 Å². The number of nitrogens with zero attached hydrogens (tertiary/aromatic N) is 1. The van der Waals surface area contributed by atoms with Gasteiger partial charge in [-0.25, -0.2) is 0 Å². The fourth-order valence-corrected chi connectivity index (χ4v) is 3.70. The van der Waals surface area contributed by atoms with E-state index in [1.807, 2.05) is 11.8 Å². The largest absolute Gasteiger partial charge is 0.396 e. The molecule has 2 rings (SSSR count).